The average molecular weight is 424 g/mol. The molecule has 0 radical (unpaired) electrons. The van der Waals surface area contributed by atoms with Crippen molar-refractivity contribution in [3.8, 4) is 0 Å². The second kappa shape index (κ2) is 7.75. The summed E-state index contributed by atoms with van der Waals surface area (Å²) in [5.74, 6) is -0.111. The van der Waals surface area contributed by atoms with Crippen molar-refractivity contribution < 1.29 is 9.59 Å². The quantitative estimate of drug-likeness (QED) is 0.588. The molecule has 1 aliphatic heterocycles. The summed E-state index contributed by atoms with van der Waals surface area (Å²) < 4.78 is 0. The van der Waals surface area contributed by atoms with Gasteiger partial charge in [-0.05, 0) is 48.2 Å². The van der Waals surface area contributed by atoms with E-state index in [0.717, 1.165) is 23.5 Å². The highest BCUT2D eigenvalue weighted by Gasteiger charge is 2.43. The van der Waals surface area contributed by atoms with E-state index >= 15 is 0 Å². The lowest BCUT2D eigenvalue weighted by Gasteiger charge is -2.36. The predicted molar refractivity (Wildman–Crippen MR) is 125 cm³/mol. The van der Waals surface area contributed by atoms with Crippen molar-refractivity contribution in [2.24, 2.45) is 5.41 Å². The zero-order valence-electron chi connectivity index (χ0n) is 18.2. The molecule has 0 saturated carbocycles. The van der Waals surface area contributed by atoms with Gasteiger partial charge in [0.05, 0.1) is 17.1 Å². The fraction of sp³-hybridized carbons (Fsp3) is 0.222. The van der Waals surface area contributed by atoms with E-state index in [9.17, 15) is 9.59 Å². The van der Waals surface area contributed by atoms with Crippen LogP contribution in [-0.2, 0) is 4.79 Å². The fourth-order valence-electron chi connectivity index (χ4n) is 4.75. The fourth-order valence-corrected chi connectivity index (χ4v) is 4.75. The summed E-state index contributed by atoms with van der Waals surface area (Å²) in [7, 11) is 0. The Bertz CT molecular complexity index is 1220. The Morgan fingerprint density at radius 2 is 1.69 bits per heavy atom. The molecule has 5 heteroatoms. The van der Waals surface area contributed by atoms with Gasteiger partial charge >= 0.3 is 0 Å². The number of amides is 1. The van der Waals surface area contributed by atoms with Crippen LogP contribution in [0.4, 0.5) is 11.4 Å². The summed E-state index contributed by atoms with van der Waals surface area (Å²) in [5, 5.41) is 3.52. The monoisotopic (exact) mass is 423 g/mol. The molecule has 1 amide bonds. The van der Waals surface area contributed by atoms with Crippen LogP contribution in [0.15, 0.2) is 90.3 Å². The molecular formula is C27H25N3O2. The van der Waals surface area contributed by atoms with Gasteiger partial charge in [-0.25, -0.2) is 0 Å². The van der Waals surface area contributed by atoms with Crippen LogP contribution in [0, 0.1) is 5.41 Å². The van der Waals surface area contributed by atoms with Crippen LogP contribution >= 0.6 is 0 Å². The molecule has 5 nitrogen and oxygen atoms in total. The van der Waals surface area contributed by atoms with Crippen LogP contribution in [0.3, 0.4) is 0 Å². The summed E-state index contributed by atoms with van der Waals surface area (Å²) >= 11 is 0. The Balaban J connectivity index is 1.79. The Morgan fingerprint density at radius 1 is 0.969 bits per heavy atom. The van der Waals surface area contributed by atoms with Crippen molar-refractivity contribution in [1.29, 1.82) is 0 Å². The first-order chi connectivity index (χ1) is 15.4. The molecule has 32 heavy (non-hydrogen) atoms. The number of benzene rings is 2. The maximum atomic E-state index is 13.9. The number of carbonyl (C=O) groups is 2. The normalized spacial score (nSPS) is 19.5. The number of allylic oxidation sites excluding steroid dienone is 1. The third kappa shape index (κ3) is 3.50. The number of nitrogens with one attached hydrogen (secondary N) is 1. The summed E-state index contributed by atoms with van der Waals surface area (Å²) in [6.07, 6.45) is 2.86. The average Bonchev–Trinajstić information content (AvgIpc) is 2.93. The van der Waals surface area contributed by atoms with E-state index in [1.165, 1.54) is 0 Å². The predicted octanol–water partition coefficient (Wildman–Crippen LogP) is 5.54. The van der Waals surface area contributed by atoms with Gasteiger partial charge in [-0.15, -0.1) is 0 Å². The number of hydrogen-bond acceptors (Lipinski definition) is 4. The molecule has 1 aromatic heterocycles. The number of hydrogen-bond donors (Lipinski definition) is 1. The molecule has 0 fully saturated rings. The molecule has 1 atom stereocenters. The smallest absolute Gasteiger partial charge is 0.259 e. The first-order valence-corrected chi connectivity index (χ1v) is 10.9. The molecule has 160 valence electrons. The van der Waals surface area contributed by atoms with E-state index in [1.54, 1.807) is 23.2 Å². The number of ketones is 1. The maximum Gasteiger partial charge on any atom is 0.259 e. The number of carbonyl (C=O) groups excluding carboxylic acids is 2. The van der Waals surface area contributed by atoms with E-state index in [2.05, 4.69) is 24.1 Å². The zero-order chi connectivity index (χ0) is 22.3. The molecule has 0 saturated heterocycles. The molecule has 0 spiro atoms. The Morgan fingerprint density at radius 3 is 2.44 bits per heavy atom. The van der Waals surface area contributed by atoms with Gasteiger partial charge in [0.15, 0.2) is 5.78 Å². The lowest BCUT2D eigenvalue weighted by Crippen LogP contribution is -2.40. The number of pyridine rings is 1. The van der Waals surface area contributed by atoms with Crippen molar-refractivity contribution in [1.82, 2.24) is 4.98 Å². The first-order valence-electron chi connectivity index (χ1n) is 10.9. The van der Waals surface area contributed by atoms with Gasteiger partial charge in [-0.3, -0.25) is 19.5 Å². The summed E-state index contributed by atoms with van der Waals surface area (Å²) in [5.41, 5.74) is 4.13. The molecule has 2 aromatic carbocycles. The minimum absolute atomic E-state index is 0.0538. The highest BCUT2D eigenvalue weighted by molar-refractivity contribution is 6.11. The molecule has 5 rings (SSSR count). The topological polar surface area (TPSA) is 62.3 Å². The highest BCUT2D eigenvalue weighted by atomic mass is 16.2. The number of fused-ring (bicyclic) bond motifs is 1. The summed E-state index contributed by atoms with van der Waals surface area (Å²) in [6, 6.07) is 22.0. The lowest BCUT2D eigenvalue weighted by molar-refractivity contribution is -0.118. The molecule has 1 aliphatic carbocycles. The van der Waals surface area contributed by atoms with Crippen LogP contribution in [0.1, 0.15) is 48.8 Å². The number of anilines is 2. The number of aromatic nitrogens is 1. The molecule has 2 heterocycles. The van der Waals surface area contributed by atoms with Crippen molar-refractivity contribution in [2.45, 2.75) is 32.7 Å². The Kier molecular flexibility index (Phi) is 4.89. The van der Waals surface area contributed by atoms with Crippen molar-refractivity contribution in [3.63, 3.8) is 0 Å². The minimum Gasteiger partial charge on any atom is -0.357 e. The van der Waals surface area contributed by atoms with Crippen LogP contribution in [0.2, 0.25) is 0 Å². The van der Waals surface area contributed by atoms with Crippen LogP contribution < -0.4 is 10.2 Å². The van der Waals surface area contributed by atoms with Gasteiger partial charge < -0.3 is 5.32 Å². The van der Waals surface area contributed by atoms with E-state index in [1.807, 2.05) is 60.7 Å². The minimum atomic E-state index is -0.612. The molecule has 0 unspecified atom stereocenters. The summed E-state index contributed by atoms with van der Waals surface area (Å²) in [6.45, 7) is 4.21. The zero-order valence-corrected chi connectivity index (χ0v) is 18.2. The number of para-hydroxylation sites is 2. The Hall–Kier alpha value is -3.73. The van der Waals surface area contributed by atoms with E-state index in [-0.39, 0.29) is 17.1 Å². The number of Topliss-reactive ketones (excluding diaryl/α,β-unsaturated/α-hetero) is 1. The van der Waals surface area contributed by atoms with E-state index in [0.29, 0.717) is 23.3 Å². The second-order valence-electron chi connectivity index (χ2n) is 9.17. The van der Waals surface area contributed by atoms with Gasteiger partial charge in [0, 0.05) is 29.5 Å². The van der Waals surface area contributed by atoms with Crippen LogP contribution in [-0.4, -0.2) is 16.7 Å². The second-order valence-corrected chi connectivity index (χ2v) is 9.17. The third-order valence-corrected chi connectivity index (χ3v) is 6.11. The van der Waals surface area contributed by atoms with Crippen molar-refractivity contribution >= 4 is 23.1 Å². The SMILES string of the molecule is CC1(C)CC(=O)C2=C(C1)Nc1ccccc1N(C(=O)c1ccccc1)[C@H]2c1ccccn1. The molecule has 3 aromatic rings. The number of nitrogens with zero attached hydrogens (tertiary/aromatic N) is 2. The highest BCUT2D eigenvalue weighted by Crippen LogP contribution is 2.48. The standard InChI is InChI=1S/C27H25N3O2/c1-27(2)16-21-24(23(31)17-27)25(20-13-8-9-15-28-20)30(22-14-7-6-12-19(22)29-21)26(32)18-10-4-3-5-11-18/h3-15,25,29H,16-17H2,1-2H3/t25-/m0/s1. The molecule has 1 N–H and O–H groups in total. The van der Waals surface area contributed by atoms with Gasteiger partial charge in [-0.1, -0.05) is 50.2 Å². The first kappa shape index (κ1) is 20.2. The largest absolute Gasteiger partial charge is 0.357 e. The molecule has 2 aliphatic rings. The van der Waals surface area contributed by atoms with E-state index in [4.69, 9.17) is 0 Å². The maximum absolute atomic E-state index is 13.9. The van der Waals surface area contributed by atoms with Gasteiger partial charge in [0.25, 0.3) is 5.91 Å². The van der Waals surface area contributed by atoms with Gasteiger partial charge in [0.1, 0.15) is 6.04 Å². The van der Waals surface area contributed by atoms with Crippen LogP contribution in [0.5, 0.6) is 0 Å². The molecule has 0 bridgehead atoms. The van der Waals surface area contributed by atoms with E-state index < -0.39 is 6.04 Å². The van der Waals surface area contributed by atoms with Crippen molar-refractivity contribution in [2.75, 3.05) is 10.2 Å². The van der Waals surface area contributed by atoms with Gasteiger partial charge in [0.2, 0.25) is 0 Å². The lowest BCUT2D eigenvalue weighted by atomic mass is 9.73. The number of rotatable bonds is 2. The summed E-state index contributed by atoms with van der Waals surface area (Å²) in [4.78, 5) is 33.8. The van der Waals surface area contributed by atoms with Gasteiger partial charge in [-0.2, -0.15) is 0 Å². The Labute approximate surface area is 187 Å². The third-order valence-electron chi connectivity index (χ3n) is 6.11. The van der Waals surface area contributed by atoms with Crippen LogP contribution in [0.25, 0.3) is 0 Å². The molecular weight excluding hydrogens is 398 g/mol. The van der Waals surface area contributed by atoms with Crippen molar-refractivity contribution in [3.05, 3.63) is 102 Å².